The number of carboxylic acid groups (broad SMARTS) is 1. The molecule has 7 heteroatoms. The van der Waals surface area contributed by atoms with Crippen molar-refractivity contribution in [3.63, 3.8) is 0 Å². The molecular weight excluding hydrogens is 588 g/mol. The number of carboxylic acids is 1. The summed E-state index contributed by atoms with van der Waals surface area (Å²) in [6.07, 6.45) is 14.6. The van der Waals surface area contributed by atoms with Gasteiger partial charge in [0.2, 0.25) is 0 Å². The van der Waals surface area contributed by atoms with Gasteiger partial charge in [0.1, 0.15) is 6.10 Å². The molecule has 0 aromatic carbocycles. The van der Waals surface area contributed by atoms with Gasteiger partial charge in [0.05, 0.1) is 24.0 Å². The van der Waals surface area contributed by atoms with Crippen LogP contribution in [-0.4, -0.2) is 72.0 Å². The molecule has 11 unspecified atom stereocenters. The summed E-state index contributed by atoms with van der Waals surface area (Å²) in [7, 11) is 0. The summed E-state index contributed by atoms with van der Waals surface area (Å²) >= 11 is 0. The number of rotatable bonds is 7. The summed E-state index contributed by atoms with van der Waals surface area (Å²) < 4.78 is 12.2. The van der Waals surface area contributed by atoms with E-state index < -0.39 is 11.9 Å². The van der Waals surface area contributed by atoms with Crippen LogP contribution in [0.2, 0.25) is 0 Å². The quantitative estimate of drug-likeness (QED) is 0.282. The van der Waals surface area contributed by atoms with Crippen LogP contribution in [0.15, 0.2) is 0 Å². The first-order valence-corrected chi connectivity index (χ1v) is 19.7. The van der Waals surface area contributed by atoms with Crippen molar-refractivity contribution in [2.45, 2.75) is 143 Å². The number of ether oxygens (including phenoxy) is 2. The molecule has 7 fully saturated rings. The Labute approximate surface area is 285 Å². The summed E-state index contributed by atoms with van der Waals surface area (Å²) in [5.41, 5.74) is 1.31. The first-order chi connectivity index (χ1) is 22.1. The normalized spacial score (nSPS) is 50.7. The number of carbonyl (C=O) groups excluding carboxylic acids is 1. The number of hydrogen-bond donors (Lipinski definition) is 2. The van der Waals surface area contributed by atoms with E-state index in [9.17, 15) is 14.7 Å². The summed E-state index contributed by atoms with van der Waals surface area (Å²) in [5.74, 6) is 1.56. The van der Waals surface area contributed by atoms with Crippen LogP contribution in [0.4, 0.5) is 0 Å². The number of aliphatic carboxylic acids is 1. The van der Waals surface area contributed by atoms with Crippen LogP contribution in [-0.2, 0) is 19.1 Å². The fourth-order valence-electron chi connectivity index (χ4n) is 14.1. The molecule has 7 nitrogen and oxygen atoms in total. The molecule has 0 aromatic rings. The Morgan fingerprint density at radius 3 is 2.36 bits per heavy atom. The average Bonchev–Trinajstić information content (AvgIpc) is 3.42. The van der Waals surface area contributed by atoms with Crippen molar-refractivity contribution in [1.29, 1.82) is 0 Å². The standard InChI is InChI=1S/C40H66N2O5/c1-25-27(34(43)44)23-28(25)35(45)47-32-13-15-37(5)29(26(32)2)12-16-39(7)33(37)11-10-30-31-9-8-14-40(31,18-17-38(30,39)6)41-19-20-42-21-22-46-36(3,4)24-42/h25-33,41H,8-24H2,1-7H3,(H,43,44)/t25?,26?,27?,28?,29?,30?,31-,32?,33?,37?,38-,39?,40?/m1/s1. The lowest BCUT2D eigenvalue weighted by molar-refractivity contribution is -0.231. The molecule has 13 atom stereocenters. The molecule has 6 aliphatic carbocycles. The molecule has 0 aromatic heterocycles. The Bertz CT molecular complexity index is 1220. The topological polar surface area (TPSA) is 88.1 Å². The number of nitrogens with one attached hydrogen (secondary N) is 1. The second-order valence-corrected chi connectivity index (χ2v) is 19.2. The molecule has 47 heavy (non-hydrogen) atoms. The van der Waals surface area contributed by atoms with E-state index >= 15 is 0 Å². The van der Waals surface area contributed by atoms with Gasteiger partial charge in [-0.2, -0.15) is 0 Å². The number of carbonyl (C=O) groups is 2. The van der Waals surface area contributed by atoms with Crippen molar-refractivity contribution in [2.75, 3.05) is 32.8 Å². The second-order valence-electron chi connectivity index (χ2n) is 19.2. The Kier molecular flexibility index (Phi) is 8.72. The summed E-state index contributed by atoms with van der Waals surface area (Å²) in [6, 6.07) is 0. The molecule has 1 heterocycles. The highest BCUT2D eigenvalue weighted by Crippen LogP contribution is 2.75. The Balaban J connectivity index is 1.02. The number of fused-ring (bicyclic) bond motifs is 7. The lowest BCUT2D eigenvalue weighted by Crippen LogP contribution is -2.67. The highest BCUT2D eigenvalue weighted by molar-refractivity contribution is 5.80. The smallest absolute Gasteiger partial charge is 0.309 e. The molecule has 6 saturated carbocycles. The molecule has 1 aliphatic heterocycles. The minimum atomic E-state index is -0.780. The van der Waals surface area contributed by atoms with Crippen LogP contribution in [0.25, 0.3) is 0 Å². The van der Waals surface area contributed by atoms with Gasteiger partial charge in [-0.3, -0.25) is 14.5 Å². The monoisotopic (exact) mass is 654 g/mol. The van der Waals surface area contributed by atoms with Crippen molar-refractivity contribution in [2.24, 2.45) is 63.6 Å². The van der Waals surface area contributed by atoms with Gasteiger partial charge in [-0.25, -0.2) is 0 Å². The largest absolute Gasteiger partial charge is 0.481 e. The van der Waals surface area contributed by atoms with E-state index in [1.807, 2.05) is 6.92 Å². The summed E-state index contributed by atoms with van der Waals surface area (Å²) in [6.45, 7) is 21.9. The van der Waals surface area contributed by atoms with E-state index in [2.05, 4.69) is 51.8 Å². The predicted molar refractivity (Wildman–Crippen MR) is 184 cm³/mol. The zero-order valence-electron chi connectivity index (χ0n) is 30.7. The van der Waals surface area contributed by atoms with Gasteiger partial charge in [0.15, 0.2) is 0 Å². The maximum atomic E-state index is 13.2. The van der Waals surface area contributed by atoms with E-state index in [4.69, 9.17) is 9.47 Å². The highest BCUT2D eigenvalue weighted by Gasteiger charge is 2.69. The molecule has 7 rings (SSSR count). The fraction of sp³-hybridized carbons (Fsp3) is 0.950. The fourth-order valence-corrected chi connectivity index (χ4v) is 14.1. The minimum Gasteiger partial charge on any atom is -0.481 e. The van der Waals surface area contributed by atoms with Gasteiger partial charge in [0.25, 0.3) is 0 Å². The molecule has 0 spiro atoms. The van der Waals surface area contributed by atoms with Crippen LogP contribution >= 0.6 is 0 Å². The maximum Gasteiger partial charge on any atom is 0.309 e. The highest BCUT2D eigenvalue weighted by atomic mass is 16.5. The number of morpholine rings is 1. The molecule has 0 amide bonds. The molecular formula is C40H66N2O5. The number of nitrogens with zero attached hydrogens (tertiary/aromatic N) is 1. The van der Waals surface area contributed by atoms with E-state index in [1.54, 1.807) is 0 Å². The zero-order valence-corrected chi connectivity index (χ0v) is 30.7. The van der Waals surface area contributed by atoms with Gasteiger partial charge in [-0.1, -0.05) is 41.0 Å². The maximum absolute atomic E-state index is 13.2. The molecule has 266 valence electrons. The van der Waals surface area contributed by atoms with Crippen LogP contribution < -0.4 is 5.32 Å². The third kappa shape index (κ3) is 5.36. The minimum absolute atomic E-state index is 0.0312. The van der Waals surface area contributed by atoms with E-state index in [0.29, 0.717) is 34.6 Å². The number of esters is 1. The van der Waals surface area contributed by atoms with Crippen LogP contribution in [0.3, 0.4) is 0 Å². The van der Waals surface area contributed by atoms with Gasteiger partial charge in [-0.05, 0) is 136 Å². The third-order valence-corrected chi connectivity index (χ3v) is 17.0. The Hall–Kier alpha value is -1.18. The van der Waals surface area contributed by atoms with Crippen molar-refractivity contribution in [3.8, 4) is 0 Å². The molecule has 0 bridgehead atoms. The zero-order chi connectivity index (χ0) is 33.6. The third-order valence-electron chi connectivity index (χ3n) is 17.0. The van der Waals surface area contributed by atoms with Crippen LogP contribution in [0, 0.1) is 63.6 Å². The van der Waals surface area contributed by atoms with Gasteiger partial charge < -0.3 is 19.9 Å². The molecule has 0 radical (unpaired) electrons. The Morgan fingerprint density at radius 1 is 0.851 bits per heavy atom. The van der Waals surface area contributed by atoms with Crippen molar-refractivity contribution in [1.82, 2.24) is 10.2 Å². The molecule has 7 aliphatic rings. The molecule has 1 saturated heterocycles. The van der Waals surface area contributed by atoms with Crippen molar-refractivity contribution >= 4 is 11.9 Å². The first kappa shape index (κ1) is 34.3. The molecule has 2 N–H and O–H groups in total. The summed E-state index contributed by atoms with van der Waals surface area (Å²) in [4.78, 5) is 27.3. The average molecular weight is 655 g/mol. The van der Waals surface area contributed by atoms with Gasteiger partial charge >= 0.3 is 11.9 Å². The van der Waals surface area contributed by atoms with E-state index in [-0.39, 0.29) is 34.9 Å². The second kappa shape index (κ2) is 12.0. The lowest BCUT2D eigenvalue weighted by atomic mass is 9.34. The van der Waals surface area contributed by atoms with Crippen LogP contribution in [0.1, 0.15) is 126 Å². The Morgan fingerprint density at radius 2 is 1.64 bits per heavy atom. The first-order valence-electron chi connectivity index (χ1n) is 19.7. The van der Waals surface area contributed by atoms with Crippen molar-refractivity contribution < 1.29 is 24.2 Å². The predicted octanol–water partition coefficient (Wildman–Crippen LogP) is 7.17. The van der Waals surface area contributed by atoms with Crippen LogP contribution in [0.5, 0.6) is 0 Å². The van der Waals surface area contributed by atoms with Gasteiger partial charge in [-0.15, -0.1) is 0 Å². The van der Waals surface area contributed by atoms with Gasteiger partial charge in [0, 0.05) is 31.7 Å². The lowest BCUT2D eigenvalue weighted by Gasteiger charge is -2.71. The van der Waals surface area contributed by atoms with E-state index in [0.717, 1.165) is 63.4 Å². The van der Waals surface area contributed by atoms with E-state index in [1.165, 1.54) is 57.8 Å². The SMILES string of the molecule is CC1C(C(=O)O)CC1C(=O)OC1CCC2(C)C(CCC3(C)C2CCC2[C@H]4CCCC4(NCCN4CCOC(C)(C)C4)CC[C@]23C)C1C. The summed E-state index contributed by atoms with van der Waals surface area (Å²) in [5, 5.41) is 13.7. The van der Waals surface area contributed by atoms with Crippen molar-refractivity contribution in [3.05, 3.63) is 0 Å². The number of hydrogen-bond acceptors (Lipinski definition) is 6.